The van der Waals surface area contributed by atoms with Gasteiger partial charge in [-0.15, -0.1) is 0 Å². The summed E-state index contributed by atoms with van der Waals surface area (Å²) in [5.41, 5.74) is 0.926. The van der Waals surface area contributed by atoms with Crippen LogP contribution in [-0.2, 0) is 15.6 Å². The highest BCUT2D eigenvalue weighted by Crippen LogP contribution is 2.03. The van der Waals surface area contributed by atoms with Crippen molar-refractivity contribution in [2.45, 2.75) is 19.4 Å². The lowest BCUT2D eigenvalue weighted by atomic mass is 10.2. The summed E-state index contributed by atoms with van der Waals surface area (Å²) < 4.78 is 10.9. The maximum atomic E-state index is 11.6. The summed E-state index contributed by atoms with van der Waals surface area (Å²) >= 11 is 0. The van der Waals surface area contributed by atoms with Crippen molar-refractivity contribution in [2.75, 3.05) is 23.9 Å². The molecule has 1 aromatic rings. The van der Waals surface area contributed by atoms with E-state index in [4.69, 9.17) is 0 Å². The molecule has 2 N–H and O–H groups in total. The number of benzene rings is 1. The van der Waals surface area contributed by atoms with Crippen molar-refractivity contribution in [2.24, 2.45) is 0 Å². The number of amides is 1. The zero-order valence-electron chi connectivity index (χ0n) is 10.8. The Morgan fingerprint density at radius 2 is 2.00 bits per heavy atom. The van der Waals surface area contributed by atoms with Crippen LogP contribution in [0.4, 0.5) is 5.69 Å². The van der Waals surface area contributed by atoms with Crippen molar-refractivity contribution in [1.29, 1.82) is 0 Å². The van der Waals surface area contributed by atoms with E-state index in [1.165, 1.54) is 0 Å². The molecule has 0 spiro atoms. The molecule has 0 aliphatic heterocycles. The molecule has 18 heavy (non-hydrogen) atoms. The topological polar surface area (TPSA) is 58.2 Å². The summed E-state index contributed by atoms with van der Waals surface area (Å²) in [6.07, 6.45) is 2.41. The molecule has 1 rings (SSSR count). The van der Waals surface area contributed by atoms with Gasteiger partial charge in [0, 0.05) is 34.5 Å². The van der Waals surface area contributed by atoms with Crippen LogP contribution in [0.3, 0.4) is 0 Å². The molecule has 0 bridgehead atoms. The van der Waals surface area contributed by atoms with Crippen LogP contribution in [0.1, 0.15) is 13.3 Å². The molecule has 1 aromatic carbocycles. The van der Waals surface area contributed by atoms with Gasteiger partial charge in [-0.3, -0.25) is 9.00 Å². The second-order valence-electron chi connectivity index (χ2n) is 4.25. The molecule has 0 aliphatic rings. The van der Waals surface area contributed by atoms with Gasteiger partial charge in [0.2, 0.25) is 5.91 Å². The Hall–Kier alpha value is -1.36. The lowest BCUT2D eigenvalue weighted by molar-refractivity contribution is -0.120. The Bertz CT molecular complexity index is 395. The van der Waals surface area contributed by atoms with E-state index in [-0.39, 0.29) is 18.5 Å². The average molecular weight is 268 g/mol. The van der Waals surface area contributed by atoms with Gasteiger partial charge >= 0.3 is 0 Å². The number of anilines is 1. The minimum Gasteiger partial charge on any atom is -0.376 e. The van der Waals surface area contributed by atoms with E-state index in [1.807, 2.05) is 37.3 Å². The predicted molar refractivity (Wildman–Crippen MR) is 76.1 cm³/mol. The Morgan fingerprint density at radius 1 is 1.33 bits per heavy atom. The summed E-state index contributed by atoms with van der Waals surface area (Å²) in [6, 6.07) is 9.64. The van der Waals surface area contributed by atoms with Gasteiger partial charge in [-0.2, -0.15) is 0 Å². The van der Waals surface area contributed by atoms with Crippen LogP contribution in [0.25, 0.3) is 0 Å². The molecule has 2 unspecified atom stereocenters. The molecule has 0 aromatic heterocycles. The summed E-state index contributed by atoms with van der Waals surface area (Å²) in [7, 11) is -0.801. The van der Waals surface area contributed by atoms with Gasteiger partial charge in [0.15, 0.2) is 0 Å². The summed E-state index contributed by atoms with van der Waals surface area (Å²) in [4.78, 5) is 11.6. The number of carbonyl (C=O) groups is 1. The highest BCUT2D eigenvalue weighted by atomic mass is 32.2. The first-order valence-electron chi connectivity index (χ1n) is 5.96. The predicted octanol–water partition coefficient (Wildman–Crippen LogP) is 1.37. The Balaban J connectivity index is 2.23. The molecule has 0 radical (unpaired) electrons. The highest BCUT2D eigenvalue weighted by molar-refractivity contribution is 7.84. The number of hydrogen-bond donors (Lipinski definition) is 2. The highest BCUT2D eigenvalue weighted by Gasteiger charge is 2.07. The number of carbonyl (C=O) groups excluding carboxylic acids is 1. The third-order valence-electron chi connectivity index (χ3n) is 2.47. The van der Waals surface area contributed by atoms with E-state index in [1.54, 1.807) is 6.26 Å². The van der Waals surface area contributed by atoms with Gasteiger partial charge in [0.25, 0.3) is 0 Å². The number of para-hydroxylation sites is 1. The minimum absolute atomic E-state index is 0.0479. The second-order valence-corrected chi connectivity index (χ2v) is 5.81. The molecule has 1 amide bonds. The Labute approximate surface area is 111 Å². The molecule has 0 saturated heterocycles. The normalized spacial score (nSPS) is 13.7. The van der Waals surface area contributed by atoms with Gasteiger partial charge in [-0.1, -0.05) is 18.2 Å². The maximum absolute atomic E-state index is 11.6. The fourth-order valence-electron chi connectivity index (χ4n) is 1.48. The molecule has 4 nitrogen and oxygen atoms in total. The van der Waals surface area contributed by atoms with Crippen molar-refractivity contribution in [3.8, 4) is 0 Å². The van der Waals surface area contributed by atoms with E-state index in [2.05, 4.69) is 10.6 Å². The first-order chi connectivity index (χ1) is 8.58. The number of rotatable bonds is 7. The molecule has 2 atom stereocenters. The number of hydrogen-bond acceptors (Lipinski definition) is 3. The number of nitrogens with one attached hydrogen (secondary N) is 2. The molecule has 100 valence electrons. The van der Waals surface area contributed by atoms with E-state index < -0.39 is 10.8 Å². The summed E-state index contributed by atoms with van der Waals surface area (Å²) in [5.74, 6) is 0.571. The molecule has 0 fully saturated rings. The first kappa shape index (κ1) is 14.7. The molecule has 0 saturated carbocycles. The average Bonchev–Trinajstić information content (AvgIpc) is 2.35. The standard InChI is InChI=1S/C13H20N2O2S/c1-11(8-9-18(2)17)15-13(16)10-14-12-6-4-3-5-7-12/h3-7,11,14H,8-10H2,1-2H3,(H,15,16). The quantitative estimate of drug-likeness (QED) is 0.785. The van der Waals surface area contributed by atoms with Crippen LogP contribution in [-0.4, -0.2) is 34.7 Å². The van der Waals surface area contributed by atoms with E-state index >= 15 is 0 Å². The fourth-order valence-corrected chi connectivity index (χ4v) is 2.16. The van der Waals surface area contributed by atoms with E-state index in [0.717, 1.165) is 12.1 Å². The van der Waals surface area contributed by atoms with Crippen molar-refractivity contribution >= 4 is 22.4 Å². The molecule has 0 heterocycles. The van der Waals surface area contributed by atoms with Crippen molar-refractivity contribution in [3.63, 3.8) is 0 Å². The molecular weight excluding hydrogens is 248 g/mol. The van der Waals surface area contributed by atoms with Crippen LogP contribution in [0, 0.1) is 0 Å². The van der Waals surface area contributed by atoms with Crippen LogP contribution in [0.2, 0.25) is 0 Å². The van der Waals surface area contributed by atoms with Gasteiger partial charge in [0.05, 0.1) is 6.54 Å². The maximum Gasteiger partial charge on any atom is 0.239 e. The van der Waals surface area contributed by atoms with Crippen LogP contribution in [0.5, 0.6) is 0 Å². The van der Waals surface area contributed by atoms with Crippen molar-refractivity contribution in [1.82, 2.24) is 5.32 Å². The van der Waals surface area contributed by atoms with E-state index in [9.17, 15) is 9.00 Å². The molecular formula is C13H20N2O2S. The minimum atomic E-state index is -0.801. The summed E-state index contributed by atoms with van der Waals surface area (Å²) in [5, 5.41) is 5.91. The second kappa shape index (κ2) is 7.87. The van der Waals surface area contributed by atoms with Crippen LogP contribution in [0.15, 0.2) is 30.3 Å². The van der Waals surface area contributed by atoms with Crippen LogP contribution >= 0.6 is 0 Å². The zero-order chi connectivity index (χ0) is 13.4. The van der Waals surface area contributed by atoms with Gasteiger partial charge < -0.3 is 10.6 Å². The largest absolute Gasteiger partial charge is 0.376 e. The molecule has 0 aliphatic carbocycles. The van der Waals surface area contributed by atoms with Gasteiger partial charge in [-0.25, -0.2) is 0 Å². The monoisotopic (exact) mass is 268 g/mol. The fraction of sp³-hybridized carbons (Fsp3) is 0.462. The Morgan fingerprint density at radius 3 is 2.61 bits per heavy atom. The first-order valence-corrected chi connectivity index (χ1v) is 7.69. The van der Waals surface area contributed by atoms with Crippen molar-refractivity contribution in [3.05, 3.63) is 30.3 Å². The van der Waals surface area contributed by atoms with Crippen molar-refractivity contribution < 1.29 is 9.00 Å². The zero-order valence-corrected chi connectivity index (χ0v) is 11.6. The lowest BCUT2D eigenvalue weighted by Gasteiger charge is -2.13. The SMILES string of the molecule is CC(CCS(C)=O)NC(=O)CNc1ccccc1. The molecule has 5 heteroatoms. The third kappa shape index (κ3) is 6.39. The lowest BCUT2D eigenvalue weighted by Crippen LogP contribution is -2.37. The smallest absolute Gasteiger partial charge is 0.239 e. The Kier molecular flexibility index (Phi) is 6.43. The van der Waals surface area contributed by atoms with Crippen LogP contribution < -0.4 is 10.6 Å². The van der Waals surface area contributed by atoms with Gasteiger partial charge in [0.1, 0.15) is 0 Å². The van der Waals surface area contributed by atoms with Gasteiger partial charge in [-0.05, 0) is 25.5 Å². The third-order valence-corrected chi connectivity index (χ3v) is 3.28. The van der Waals surface area contributed by atoms with E-state index in [0.29, 0.717) is 5.75 Å². The summed E-state index contributed by atoms with van der Waals surface area (Å²) in [6.45, 7) is 2.18.